The highest BCUT2D eigenvalue weighted by molar-refractivity contribution is 7.17. The van der Waals surface area contributed by atoms with Crippen LogP contribution in [0.4, 0.5) is 5.00 Å². The van der Waals surface area contributed by atoms with Gasteiger partial charge in [0.25, 0.3) is 5.91 Å². The van der Waals surface area contributed by atoms with Gasteiger partial charge in [-0.05, 0) is 49.4 Å². The van der Waals surface area contributed by atoms with Crippen molar-refractivity contribution < 1.29 is 23.8 Å². The summed E-state index contributed by atoms with van der Waals surface area (Å²) in [6, 6.07) is 4.95. The average Bonchev–Trinajstić information content (AvgIpc) is 2.86. The molecule has 1 amide bonds. The highest BCUT2D eigenvalue weighted by atomic mass is 32.1. The molecule has 0 unspecified atom stereocenters. The van der Waals surface area contributed by atoms with Crippen molar-refractivity contribution in [3.8, 4) is 11.5 Å². The molecule has 0 spiro atoms. The molecule has 2 aromatic rings. The van der Waals surface area contributed by atoms with E-state index in [9.17, 15) is 9.59 Å². The molecule has 0 fully saturated rings. The van der Waals surface area contributed by atoms with Gasteiger partial charge in [0, 0.05) is 10.4 Å². The topological polar surface area (TPSA) is 73.9 Å². The van der Waals surface area contributed by atoms with Crippen molar-refractivity contribution in [1.29, 1.82) is 0 Å². The summed E-state index contributed by atoms with van der Waals surface area (Å²) >= 11 is 1.47. The first-order chi connectivity index (χ1) is 13.1. The molecule has 1 heterocycles. The zero-order chi connectivity index (χ0) is 19.4. The van der Waals surface area contributed by atoms with Gasteiger partial charge in [0.05, 0.1) is 26.9 Å². The molecule has 7 heteroatoms. The number of hydrogen-bond donors (Lipinski definition) is 1. The Balaban J connectivity index is 1.93. The molecule has 1 aliphatic rings. The molecule has 0 aliphatic heterocycles. The minimum atomic E-state index is -0.406. The molecule has 0 saturated heterocycles. The van der Waals surface area contributed by atoms with Gasteiger partial charge < -0.3 is 19.5 Å². The molecule has 3 rings (SSSR count). The molecule has 144 valence electrons. The van der Waals surface area contributed by atoms with Gasteiger partial charge in [0.15, 0.2) is 11.5 Å². The van der Waals surface area contributed by atoms with Crippen molar-refractivity contribution in [2.45, 2.75) is 32.1 Å². The van der Waals surface area contributed by atoms with E-state index >= 15 is 0 Å². The number of esters is 1. The number of carbonyl (C=O) groups excluding carboxylic acids is 2. The molecule has 1 aliphatic carbocycles. The first kappa shape index (κ1) is 19.2. The fraction of sp³-hybridized carbons (Fsp3) is 0.400. The van der Waals surface area contributed by atoms with Gasteiger partial charge in [0.1, 0.15) is 5.00 Å². The van der Waals surface area contributed by atoms with E-state index in [1.807, 2.05) is 0 Å². The van der Waals surface area contributed by atoms with E-state index in [0.29, 0.717) is 27.6 Å². The molecule has 1 N–H and O–H groups in total. The third kappa shape index (κ3) is 3.93. The maximum absolute atomic E-state index is 12.8. The van der Waals surface area contributed by atoms with Crippen molar-refractivity contribution in [2.75, 3.05) is 26.6 Å². The quantitative estimate of drug-likeness (QED) is 0.616. The van der Waals surface area contributed by atoms with Gasteiger partial charge in [-0.15, -0.1) is 11.3 Å². The number of anilines is 1. The number of amides is 1. The van der Waals surface area contributed by atoms with Gasteiger partial charge in [-0.2, -0.15) is 0 Å². The van der Waals surface area contributed by atoms with Crippen molar-refractivity contribution in [2.24, 2.45) is 0 Å². The summed E-state index contributed by atoms with van der Waals surface area (Å²) in [4.78, 5) is 26.3. The molecule has 6 nitrogen and oxygen atoms in total. The predicted octanol–water partition coefficient (Wildman–Crippen LogP) is 4.07. The lowest BCUT2D eigenvalue weighted by molar-refractivity contribution is 0.0601. The Bertz CT molecular complexity index is 858. The Hall–Kier alpha value is -2.54. The van der Waals surface area contributed by atoms with Crippen LogP contribution in [0, 0.1) is 0 Å². The predicted molar refractivity (Wildman–Crippen MR) is 104 cm³/mol. The summed E-state index contributed by atoms with van der Waals surface area (Å²) in [6.07, 6.45) is 5.04. The lowest BCUT2D eigenvalue weighted by atomic mass is 10.1. The zero-order valence-corrected chi connectivity index (χ0v) is 16.5. The van der Waals surface area contributed by atoms with Crippen molar-refractivity contribution in [3.05, 3.63) is 39.8 Å². The van der Waals surface area contributed by atoms with E-state index in [1.54, 1.807) is 25.3 Å². The van der Waals surface area contributed by atoms with Crippen LogP contribution in [0.5, 0.6) is 11.5 Å². The molecule has 0 atom stereocenters. The molecule has 0 radical (unpaired) electrons. The summed E-state index contributed by atoms with van der Waals surface area (Å²) in [5, 5.41) is 3.44. The third-order valence-corrected chi connectivity index (χ3v) is 5.89. The number of benzene rings is 1. The first-order valence-corrected chi connectivity index (χ1v) is 9.67. The van der Waals surface area contributed by atoms with Crippen LogP contribution in [0.3, 0.4) is 0 Å². The highest BCUT2D eigenvalue weighted by Crippen LogP contribution is 2.38. The minimum Gasteiger partial charge on any atom is -0.493 e. The van der Waals surface area contributed by atoms with E-state index < -0.39 is 5.97 Å². The number of nitrogens with one attached hydrogen (secondary N) is 1. The maximum Gasteiger partial charge on any atom is 0.341 e. The van der Waals surface area contributed by atoms with Crippen molar-refractivity contribution in [3.63, 3.8) is 0 Å². The lowest BCUT2D eigenvalue weighted by Gasteiger charge is -2.10. The van der Waals surface area contributed by atoms with E-state index in [-0.39, 0.29) is 5.91 Å². The number of aryl methyl sites for hydroxylation is 1. The van der Waals surface area contributed by atoms with Gasteiger partial charge in [-0.25, -0.2) is 4.79 Å². The third-order valence-electron chi connectivity index (χ3n) is 4.68. The Labute approximate surface area is 162 Å². The summed E-state index contributed by atoms with van der Waals surface area (Å²) in [7, 11) is 4.42. The molecular formula is C20H23NO5S. The van der Waals surface area contributed by atoms with E-state index in [0.717, 1.165) is 42.5 Å². The molecule has 1 aromatic heterocycles. The number of hydrogen-bond acceptors (Lipinski definition) is 6. The summed E-state index contributed by atoms with van der Waals surface area (Å²) in [5.41, 5.74) is 1.94. The lowest BCUT2D eigenvalue weighted by Crippen LogP contribution is -2.15. The van der Waals surface area contributed by atoms with Crippen LogP contribution in [0.15, 0.2) is 18.2 Å². The summed E-state index contributed by atoms with van der Waals surface area (Å²) in [6.45, 7) is 0. The van der Waals surface area contributed by atoms with Crippen LogP contribution in [0.2, 0.25) is 0 Å². The smallest absolute Gasteiger partial charge is 0.341 e. The van der Waals surface area contributed by atoms with Crippen LogP contribution < -0.4 is 14.8 Å². The fourth-order valence-corrected chi connectivity index (χ4v) is 4.57. The number of rotatable bonds is 5. The second kappa shape index (κ2) is 8.43. The van der Waals surface area contributed by atoms with Crippen molar-refractivity contribution >= 4 is 28.2 Å². The average molecular weight is 389 g/mol. The molecule has 0 bridgehead atoms. The number of fused-ring (bicyclic) bond motifs is 1. The van der Waals surface area contributed by atoms with Crippen LogP contribution in [-0.4, -0.2) is 33.2 Å². The zero-order valence-electron chi connectivity index (χ0n) is 15.7. The Morgan fingerprint density at radius 1 is 1.00 bits per heavy atom. The number of methoxy groups -OCH3 is 3. The standard InChI is InChI=1S/C20H23NO5S/c1-24-14-10-9-12(11-15(14)25-2)18(22)21-19-17(20(23)26-3)13-7-5-4-6-8-16(13)27-19/h9-11H,4-8H2,1-3H3,(H,21,22). The second-order valence-electron chi connectivity index (χ2n) is 6.28. The second-order valence-corrected chi connectivity index (χ2v) is 7.39. The van der Waals surface area contributed by atoms with E-state index in [4.69, 9.17) is 14.2 Å². The Morgan fingerprint density at radius 2 is 1.74 bits per heavy atom. The molecular weight excluding hydrogens is 366 g/mol. The van der Waals surface area contributed by atoms with Gasteiger partial charge >= 0.3 is 5.97 Å². The number of carbonyl (C=O) groups is 2. The van der Waals surface area contributed by atoms with E-state index in [1.165, 1.54) is 25.6 Å². The van der Waals surface area contributed by atoms with Gasteiger partial charge in [0.2, 0.25) is 0 Å². The van der Waals surface area contributed by atoms with E-state index in [2.05, 4.69) is 5.32 Å². The number of ether oxygens (including phenoxy) is 3. The molecule has 27 heavy (non-hydrogen) atoms. The summed E-state index contributed by atoms with van der Waals surface area (Å²) < 4.78 is 15.4. The number of thiophene rings is 1. The Kier molecular flexibility index (Phi) is 6.01. The largest absolute Gasteiger partial charge is 0.493 e. The van der Waals surface area contributed by atoms with Crippen LogP contribution >= 0.6 is 11.3 Å². The monoisotopic (exact) mass is 389 g/mol. The Morgan fingerprint density at radius 3 is 2.44 bits per heavy atom. The van der Waals surface area contributed by atoms with Crippen molar-refractivity contribution in [1.82, 2.24) is 0 Å². The van der Waals surface area contributed by atoms with Gasteiger partial charge in [-0.1, -0.05) is 6.42 Å². The highest BCUT2D eigenvalue weighted by Gasteiger charge is 2.26. The summed E-state index contributed by atoms with van der Waals surface area (Å²) in [5.74, 6) is 0.307. The maximum atomic E-state index is 12.8. The van der Waals surface area contributed by atoms with Crippen LogP contribution in [-0.2, 0) is 17.6 Å². The molecule has 1 aromatic carbocycles. The first-order valence-electron chi connectivity index (χ1n) is 8.85. The fourth-order valence-electron chi connectivity index (χ4n) is 3.30. The van der Waals surface area contributed by atoms with Gasteiger partial charge in [-0.3, -0.25) is 4.79 Å². The van der Waals surface area contributed by atoms with Crippen LogP contribution in [0.1, 0.15) is 50.4 Å². The molecule has 0 saturated carbocycles. The SMILES string of the molecule is COC(=O)c1c(NC(=O)c2ccc(OC)c(OC)c2)sc2c1CCCCC2. The normalized spacial score (nSPS) is 13.3. The minimum absolute atomic E-state index is 0.308. The van der Waals surface area contributed by atoms with Crippen LogP contribution in [0.25, 0.3) is 0 Å².